The average molecular weight is 278 g/mol. The Morgan fingerprint density at radius 1 is 1.35 bits per heavy atom. The molecule has 0 aliphatic carbocycles. The van der Waals surface area contributed by atoms with Gasteiger partial charge in [0.05, 0.1) is 6.10 Å². The van der Waals surface area contributed by atoms with Gasteiger partial charge in [-0.1, -0.05) is 13.8 Å². The van der Waals surface area contributed by atoms with E-state index in [9.17, 15) is 0 Å². The first-order chi connectivity index (χ1) is 9.83. The van der Waals surface area contributed by atoms with E-state index in [2.05, 4.69) is 34.0 Å². The van der Waals surface area contributed by atoms with Crippen LogP contribution in [0.25, 0.3) is 0 Å². The highest BCUT2D eigenvalue weighted by molar-refractivity contribution is 5.42. The van der Waals surface area contributed by atoms with Gasteiger partial charge in [-0.25, -0.2) is 4.98 Å². The van der Waals surface area contributed by atoms with Crippen molar-refractivity contribution < 1.29 is 4.74 Å². The second-order valence-corrected chi connectivity index (χ2v) is 5.24. The summed E-state index contributed by atoms with van der Waals surface area (Å²) < 4.78 is 5.60. The Bertz CT molecular complexity index is 387. The fourth-order valence-corrected chi connectivity index (χ4v) is 2.50. The molecule has 20 heavy (non-hydrogen) atoms. The third-order valence-electron chi connectivity index (χ3n) is 3.46. The van der Waals surface area contributed by atoms with Crippen LogP contribution in [0.5, 0.6) is 0 Å². The number of hydrogen-bond acceptors (Lipinski definition) is 5. The molecule has 0 spiro atoms. The molecule has 1 fully saturated rings. The minimum absolute atomic E-state index is 0.310. The van der Waals surface area contributed by atoms with Crippen LogP contribution in [0, 0.1) is 0 Å². The molecule has 0 bridgehead atoms. The van der Waals surface area contributed by atoms with Gasteiger partial charge in [0.1, 0.15) is 5.82 Å². The Balaban J connectivity index is 1.94. The highest BCUT2D eigenvalue weighted by Gasteiger charge is 2.15. The predicted molar refractivity (Wildman–Crippen MR) is 82.3 cm³/mol. The van der Waals surface area contributed by atoms with Crippen LogP contribution >= 0.6 is 0 Å². The van der Waals surface area contributed by atoms with Crippen LogP contribution < -0.4 is 10.2 Å². The maximum atomic E-state index is 5.60. The van der Waals surface area contributed by atoms with Crippen LogP contribution in [-0.4, -0.2) is 42.3 Å². The SMILES string of the molecule is CCCN(CCC)c1ccnc(NCC2CCCO2)n1. The van der Waals surface area contributed by atoms with Gasteiger partial charge in [0, 0.05) is 32.4 Å². The third-order valence-corrected chi connectivity index (χ3v) is 3.46. The Hall–Kier alpha value is -1.36. The van der Waals surface area contributed by atoms with Crippen molar-refractivity contribution in [2.75, 3.05) is 36.5 Å². The zero-order chi connectivity index (χ0) is 14.2. The molecule has 1 saturated heterocycles. The molecule has 1 unspecified atom stereocenters. The van der Waals surface area contributed by atoms with E-state index in [1.165, 1.54) is 0 Å². The van der Waals surface area contributed by atoms with E-state index < -0.39 is 0 Å². The van der Waals surface area contributed by atoms with Crippen LogP contribution in [0.4, 0.5) is 11.8 Å². The van der Waals surface area contributed by atoms with Gasteiger partial charge in [0.25, 0.3) is 0 Å². The minimum atomic E-state index is 0.310. The van der Waals surface area contributed by atoms with Gasteiger partial charge in [0.2, 0.25) is 5.95 Å². The molecule has 1 aromatic rings. The lowest BCUT2D eigenvalue weighted by molar-refractivity contribution is 0.120. The van der Waals surface area contributed by atoms with Gasteiger partial charge >= 0.3 is 0 Å². The summed E-state index contributed by atoms with van der Waals surface area (Å²) in [5.74, 6) is 1.72. The van der Waals surface area contributed by atoms with Gasteiger partial charge in [-0.2, -0.15) is 4.98 Å². The van der Waals surface area contributed by atoms with Crippen LogP contribution in [0.3, 0.4) is 0 Å². The average Bonchev–Trinajstić information content (AvgIpc) is 2.98. The number of ether oxygens (including phenoxy) is 1. The van der Waals surface area contributed by atoms with Crippen molar-refractivity contribution in [2.45, 2.75) is 45.6 Å². The molecule has 5 heteroatoms. The first kappa shape index (κ1) is 15.0. The van der Waals surface area contributed by atoms with Gasteiger partial charge in [-0.15, -0.1) is 0 Å². The molecule has 1 aliphatic rings. The third kappa shape index (κ3) is 4.34. The maximum Gasteiger partial charge on any atom is 0.224 e. The second-order valence-electron chi connectivity index (χ2n) is 5.24. The molecule has 1 aromatic heterocycles. The van der Waals surface area contributed by atoms with E-state index >= 15 is 0 Å². The summed E-state index contributed by atoms with van der Waals surface area (Å²) in [6.07, 6.45) is 6.69. The number of hydrogen-bond donors (Lipinski definition) is 1. The van der Waals surface area contributed by atoms with E-state index in [0.717, 1.165) is 57.7 Å². The summed E-state index contributed by atoms with van der Waals surface area (Å²) >= 11 is 0. The molecule has 2 rings (SSSR count). The second kappa shape index (κ2) is 8.04. The molecule has 5 nitrogen and oxygen atoms in total. The van der Waals surface area contributed by atoms with Gasteiger partial charge in [-0.3, -0.25) is 0 Å². The number of nitrogens with one attached hydrogen (secondary N) is 1. The smallest absolute Gasteiger partial charge is 0.224 e. The van der Waals surface area contributed by atoms with Gasteiger partial charge < -0.3 is 15.0 Å². The van der Waals surface area contributed by atoms with Crippen molar-refractivity contribution in [1.82, 2.24) is 9.97 Å². The lowest BCUT2D eigenvalue weighted by Crippen LogP contribution is -2.26. The molecule has 1 atom stereocenters. The van der Waals surface area contributed by atoms with Gasteiger partial charge in [0.15, 0.2) is 0 Å². The molecule has 2 heterocycles. The topological polar surface area (TPSA) is 50.3 Å². The lowest BCUT2D eigenvalue weighted by Gasteiger charge is -2.22. The molecular formula is C15H26N4O. The van der Waals surface area contributed by atoms with E-state index in [0.29, 0.717) is 12.1 Å². The summed E-state index contributed by atoms with van der Waals surface area (Å²) in [6.45, 7) is 8.14. The largest absolute Gasteiger partial charge is 0.376 e. The molecule has 1 N–H and O–H groups in total. The Morgan fingerprint density at radius 3 is 2.80 bits per heavy atom. The molecular weight excluding hydrogens is 252 g/mol. The van der Waals surface area contributed by atoms with Crippen molar-refractivity contribution >= 4 is 11.8 Å². The van der Waals surface area contributed by atoms with E-state index in [-0.39, 0.29) is 0 Å². The van der Waals surface area contributed by atoms with Crippen molar-refractivity contribution in [2.24, 2.45) is 0 Å². The zero-order valence-electron chi connectivity index (χ0n) is 12.6. The lowest BCUT2D eigenvalue weighted by atomic mass is 10.2. The molecule has 0 saturated carbocycles. The van der Waals surface area contributed by atoms with Crippen LogP contribution in [0.1, 0.15) is 39.5 Å². The quantitative estimate of drug-likeness (QED) is 0.792. The minimum Gasteiger partial charge on any atom is -0.376 e. The van der Waals surface area contributed by atoms with Crippen molar-refractivity contribution in [3.63, 3.8) is 0 Å². The number of aromatic nitrogens is 2. The fourth-order valence-electron chi connectivity index (χ4n) is 2.50. The first-order valence-electron chi connectivity index (χ1n) is 7.77. The van der Waals surface area contributed by atoms with Crippen LogP contribution in [0.2, 0.25) is 0 Å². The van der Waals surface area contributed by atoms with E-state index in [1.807, 2.05) is 12.3 Å². The number of anilines is 2. The number of nitrogens with zero attached hydrogens (tertiary/aromatic N) is 3. The predicted octanol–water partition coefficient (Wildman–Crippen LogP) is 2.69. The van der Waals surface area contributed by atoms with Crippen LogP contribution in [0.15, 0.2) is 12.3 Å². The highest BCUT2D eigenvalue weighted by atomic mass is 16.5. The summed E-state index contributed by atoms with van der Waals surface area (Å²) in [4.78, 5) is 11.2. The molecule has 112 valence electrons. The summed E-state index contributed by atoms with van der Waals surface area (Å²) in [5.41, 5.74) is 0. The Morgan fingerprint density at radius 2 is 2.15 bits per heavy atom. The Kier molecular flexibility index (Phi) is 6.05. The zero-order valence-corrected chi connectivity index (χ0v) is 12.6. The standard InChI is InChI=1S/C15H26N4O/c1-3-9-19(10-4-2)14-7-8-16-15(18-14)17-12-13-6-5-11-20-13/h7-8,13H,3-6,9-12H2,1-2H3,(H,16,17,18). The maximum absolute atomic E-state index is 5.60. The van der Waals surface area contributed by atoms with Crippen molar-refractivity contribution in [3.05, 3.63) is 12.3 Å². The monoisotopic (exact) mass is 278 g/mol. The normalized spacial score (nSPS) is 18.2. The molecule has 0 radical (unpaired) electrons. The van der Waals surface area contributed by atoms with Crippen molar-refractivity contribution in [1.29, 1.82) is 0 Å². The van der Waals surface area contributed by atoms with Crippen molar-refractivity contribution in [3.8, 4) is 0 Å². The molecule has 0 amide bonds. The first-order valence-corrected chi connectivity index (χ1v) is 7.77. The summed E-state index contributed by atoms with van der Waals surface area (Å²) in [7, 11) is 0. The van der Waals surface area contributed by atoms with E-state index in [4.69, 9.17) is 4.74 Å². The van der Waals surface area contributed by atoms with Gasteiger partial charge in [-0.05, 0) is 31.7 Å². The fraction of sp³-hybridized carbons (Fsp3) is 0.733. The number of rotatable bonds is 8. The Labute approximate surface area is 121 Å². The van der Waals surface area contributed by atoms with E-state index in [1.54, 1.807) is 0 Å². The molecule has 0 aromatic carbocycles. The highest BCUT2D eigenvalue weighted by Crippen LogP contribution is 2.15. The summed E-state index contributed by atoms with van der Waals surface area (Å²) in [6, 6.07) is 1.99. The van der Waals surface area contributed by atoms with Crippen LogP contribution in [-0.2, 0) is 4.74 Å². The molecule has 1 aliphatic heterocycles. The summed E-state index contributed by atoms with van der Waals surface area (Å²) in [5, 5.41) is 3.29.